The zero-order valence-corrected chi connectivity index (χ0v) is 12.6. The van der Waals surface area contributed by atoms with Crippen molar-refractivity contribution in [2.75, 3.05) is 18.0 Å². The van der Waals surface area contributed by atoms with Crippen LogP contribution in [-0.2, 0) is 7.05 Å². The molecule has 0 saturated carbocycles. The highest BCUT2D eigenvalue weighted by molar-refractivity contribution is 5.61. The van der Waals surface area contributed by atoms with Crippen LogP contribution in [-0.4, -0.2) is 39.9 Å². The molecule has 2 heterocycles. The van der Waals surface area contributed by atoms with Gasteiger partial charge in [0.25, 0.3) is 0 Å². The molecule has 0 bridgehead atoms. The van der Waals surface area contributed by atoms with Crippen LogP contribution in [0, 0.1) is 17.0 Å². The van der Waals surface area contributed by atoms with Crippen molar-refractivity contribution in [3.63, 3.8) is 0 Å². The third-order valence-corrected chi connectivity index (χ3v) is 3.82. The lowest BCUT2D eigenvalue weighted by Crippen LogP contribution is -2.42. The van der Waals surface area contributed by atoms with Gasteiger partial charge in [0.15, 0.2) is 0 Å². The molecule has 1 unspecified atom stereocenters. The number of aromatic nitrogens is 2. The molecule has 1 saturated heterocycles. The number of anilines is 1. The van der Waals surface area contributed by atoms with Crippen molar-refractivity contribution in [2.45, 2.75) is 45.7 Å². The Morgan fingerprint density at radius 3 is 2.80 bits per heavy atom. The lowest BCUT2D eigenvalue weighted by atomic mass is 10.2. The van der Waals surface area contributed by atoms with E-state index in [1.165, 1.54) is 6.42 Å². The van der Waals surface area contributed by atoms with E-state index in [0.717, 1.165) is 19.5 Å². The quantitative estimate of drug-likeness (QED) is 0.655. The molecule has 112 valence electrons. The molecule has 1 aromatic heterocycles. The lowest BCUT2D eigenvalue weighted by Gasteiger charge is -2.30. The zero-order valence-electron chi connectivity index (χ0n) is 12.6. The predicted molar refractivity (Wildman–Crippen MR) is 78.1 cm³/mol. The Labute approximate surface area is 119 Å². The van der Waals surface area contributed by atoms with Crippen LogP contribution in [0.25, 0.3) is 0 Å². The van der Waals surface area contributed by atoms with Crippen LogP contribution in [0.3, 0.4) is 0 Å². The van der Waals surface area contributed by atoms with E-state index in [4.69, 9.17) is 0 Å². The van der Waals surface area contributed by atoms with Gasteiger partial charge >= 0.3 is 5.69 Å². The first-order valence-electron chi connectivity index (χ1n) is 7.09. The second-order valence-electron chi connectivity index (χ2n) is 5.68. The van der Waals surface area contributed by atoms with Crippen molar-refractivity contribution in [1.29, 1.82) is 0 Å². The minimum atomic E-state index is -0.324. The molecule has 0 aliphatic carbocycles. The van der Waals surface area contributed by atoms with Crippen LogP contribution in [0.4, 0.5) is 11.5 Å². The maximum Gasteiger partial charge on any atom is 0.333 e. The molecule has 0 radical (unpaired) electrons. The number of aryl methyl sites for hydroxylation is 2. The van der Waals surface area contributed by atoms with Gasteiger partial charge in [-0.2, -0.15) is 5.10 Å². The number of hydrogen-bond acceptors (Lipinski definition) is 5. The molecule has 0 aromatic carbocycles. The molecule has 7 nitrogen and oxygen atoms in total. The van der Waals surface area contributed by atoms with Crippen LogP contribution < -0.4 is 10.2 Å². The third-order valence-electron chi connectivity index (χ3n) is 3.82. The molecule has 1 fully saturated rings. The molecule has 2 rings (SSSR count). The van der Waals surface area contributed by atoms with Crippen molar-refractivity contribution < 1.29 is 4.92 Å². The largest absolute Gasteiger partial charge is 0.347 e. The van der Waals surface area contributed by atoms with E-state index in [1.54, 1.807) is 18.7 Å². The van der Waals surface area contributed by atoms with Gasteiger partial charge in [-0.1, -0.05) is 0 Å². The normalized spacial score (nSPS) is 18.8. The molecule has 1 aromatic rings. The monoisotopic (exact) mass is 281 g/mol. The summed E-state index contributed by atoms with van der Waals surface area (Å²) < 4.78 is 1.63. The second-order valence-corrected chi connectivity index (χ2v) is 5.68. The van der Waals surface area contributed by atoms with Crippen LogP contribution in [0.5, 0.6) is 0 Å². The van der Waals surface area contributed by atoms with E-state index in [-0.39, 0.29) is 16.7 Å². The number of nitrogens with one attached hydrogen (secondary N) is 1. The summed E-state index contributed by atoms with van der Waals surface area (Å²) in [6.45, 7) is 7.61. The summed E-state index contributed by atoms with van der Waals surface area (Å²) in [6, 6.07) is 0.582. The Hall–Kier alpha value is -1.63. The number of nitro groups is 1. The fourth-order valence-electron chi connectivity index (χ4n) is 2.86. The molecule has 0 spiro atoms. The highest BCUT2D eigenvalue weighted by atomic mass is 16.6. The summed E-state index contributed by atoms with van der Waals surface area (Å²) in [5, 5.41) is 19.0. The van der Waals surface area contributed by atoms with E-state index in [0.29, 0.717) is 17.6 Å². The van der Waals surface area contributed by atoms with E-state index in [9.17, 15) is 10.1 Å². The molecule has 1 atom stereocenters. The van der Waals surface area contributed by atoms with E-state index in [2.05, 4.69) is 29.2 Å². The van der Waals surface area contributed by atoms with Gasteiger partial charge in [-0.3, -0.25) is 10.1 Å². The van der Waals surface area contributed by atoms with Crippen molar-refractivity contribution in [1.82, 2.24) is 15.1 Å². The average molecular weight is 281 g/mol. The van der Waals surface area contributed by atoms with Crippen molar-refractivity contribution in [3.05, 3.63) is 15.8 Å². The van der Waals surface area contributed by atoms with Gasteiger partial charge < -0.3 is 10.2 Å². The standard InChI is InChI=1S/C13H23N5O2/c1-9(2)17(8-11-6-5-7-14-11)13-12(18(19)20)10(3)15-16(13)4/h9,11,14H,5-8H2,1-4H3. The highest BCUT2D eigenvalue weighted by Crippen LogP contribution is 2.32. The van der Waals surface area contributed by atoms with E-state index in [1.807, 2.05) is 0 Å². The minimum Gasteiger partial charge on any atom is -0.347 e. The maximum atomic E-state index is 11.3. The Balaban J connectivity index is 2.35. The number of nitrogens with zero attached hydrogens (tertiary/aromatic N) is 4. The number of rotatable bonds is 5. The first-order chi connectivity index (χ1) is 9.41. The van der Waals surface area contributed by atoms with Gasteiger partial charge in [0.1, 0.15) is 5.69 Å². The highest BCUT2D eigenvalue weighted by Gasteiger charge is 2.31. The summed E-state index contributed by atoms with van der Waals surface area (Å²) >= 11 is 0. The summed E-state index contributed by atoms with van der Waals surface area (Å²) in [7, 11) is 1.77. The molecular formula is C13H23N5O2. The predicted octanol–water partition coefficient (Wildman–Crippen LogP) is 1.60. The SMILES string of the molecule is Cc1nn(C)c(N(CC2CCCN2)C(C)C)c1[N+](=O)[O-]. The molecule has 1 aliphatic rings. The molecule has 1 N–H and O–H groups in total. The number of hydrogen-bond donors (Lipinski definition) is 1. The molecule has 20 heavy (non-hydrogen) atoms. The Kier molecular flexibility index (Phi) is 4.27. The van der Waals surface area contributed by atoms with Gasteiger partial charge in [-0.15, -0.1) is 0 Å². The fourth-order valence-corrected chi connectivity index (χ4v) is 2.86. The summed E-state index contributed by atoms with van der Waals surface area (Å²) in [6.07, 6.45) is 2.29. The van der Waals surface area contributed by atoms with Gasteiger partial charge in [0.2, 0.25) is 5.82 Å². The van der Waals surface area contributed by atoms with Crippen LogP contribution in [0.15, 0.2) is 0 Å². The summed E-state index contributed by atoms with van der Waals surface area (Å²) in [5.41, 5.74) is 0.594. The molecule has 0 amide bonds. The average Bonchev–Trinajstić information content (AvgIpc) is 2.93. The third kappa shape index (κ3) is 2.77. The van der Waals surface area contributed by atoms with E-state index < -0.39 is 0 Å². The first-order valence-corrected chi connectivity index (χ1v) is 7.09. The maximum absolute atomic E-state index is 11.3. The summed E-state index contributed by atoms with van der Waals surface area (Å²) in [4.78, 5) is 13.1. The Morgan fingerprint density at radius 2 is 2.30 bits per heavy atom. The van der Waals surface area contributed by atoms with Crippen LogP contribution in [0.2, 0.25) is 0 Å². The van der Waals surface area contributed by atoms with Gasteiger partial charge in [0, 0.05) is 25.7 Å². The van der Waals surface area contributed by atoms with Gasteiger partial charge in [-0.05, 0) is 40.2 Å². The van der Waals surface area contributed by atoms with Crippen molar-refractivity contribution >= 4 is 11.5 Å². The van der Waals surface area contributed by atoms with Gasteiger partial charge in [-0.25, -0.2) is 4.68 Å². The summed E-state index contributed by atoms with van der Waals surface area (Å²) in [5.74, 6) is 0.608. The van der Waals surface area contributed by atoms with Crippen LogP contribution in [0.1, 0.15) is 32.4 Å². The van der Waals surface area contributed by atoms with Gasteiger partial charge in [0.05, 0.1) is 4.92 Å². The molecular weight excluding hydrogens is 258 g/mol. The lowest BCUT2D eigenvalue weighted by molar-refractivity contribution is -0.384. The van der Waals surface area contributed by atoms with E-state index >= 15 is 0 Å². The Morgan fingerprint density at radius 1 is 1.60 bits per heavy atom. The first kappa shape index (κ1) is 14.8. The molecule has 7 heteroatoms. The second kappa shape index (κ2) is 5.78. The molecule has 1 aliphatic heterocycles. The fraction of sp³-hybridized carbons (Fsp3) is 0.769. The topological polar surface area (TPSA) is 76.2 Å². The minimum absolute atomic E-state index is 0.124. The van der Waals surface area contributed by atoms with Crippen LogP contribution >= 0.6 is 0 Å². The van der Waals surface area contributed by atoms with Crippen molar-refractivity contribution in [2.24, 2.45) is 7.05 Å². The zero-order chi connectivity index (χ0) is 14.9. The smallest absolute Gasteiger partial charge is 0.333 e. The van der Waals surface area contributed by atoms with Crippen molar-refractivity contribution in [3.8, 4) is 0 Å². The Bertz CT molecular complexity index is 491.